The molecule has 0 spiro atoms. The van der Waals surface area contributed by atoms with E-state index in [1.165, 1.54) is 12.1 Å². The second-order valence-corrected chi connectivity index (χ2v) is 4.75. The maximum absolute atomic E-state index is 12.0. The van der Waals surface area contributed by atoms with Crippen molar-refractivity contribution < 1.29 is 19.5 Å². The Hall–Kier alpha value is -4.16. The Balaban J connectivity index is 1.64. The van der Waals surface area contributed by atoms with Crippen LogP contribution >= 0.6 is 0 Å². The molecule has 3 aromatic heterocycles. The zero-order valence-corrected chi connectivity index (χ0v) is 12.3. The van der Waals surface area contributed by atoms with Gasteiger partial charge in [-0.25, -0.2) is 4.79 Å². The van der Waals surface area contributed by atoms with Gasteiger partial charge in [-0.05, 0) is 0 Å². The first kappa shape index (κ1) is 15.7. The first-order valence-electron chi connectivity index (χ1n) is 6.70. The van der Waals surface area contributed by atoms with E-state index in [1.54, 1.807) is 0 Å². The number of nitrogen functional groups attached to an aromatic ring is 1. The number of carboxylic acids is 1. The van der Waals surface area contributed by atoms with Crippen LogP contribution in [0.1, 0.15) is 31.5 Å². The number of aromatic carboxylic acids is 1. The lowest BCUT2D eigenvalue weighted by atomic mass is 10.3. The smallest absolute Gasteiger partial charge is 0.353 e. The molecular formula is C12H11N9O4. The molecule has 13 heteroatoms. The van der Waals surface area contributed by atoms with Gasteiger partial charge in [-0.15, -0.1) is 0 Å². The van der Waals surface area contributed by atoms with Crippen molar-refractivity contribution in [3.8, 4) is 0 Å². The number of hydrogen-bond donors (Lipinski definition) is 7. The molecule has 3 rings (SSSR count). The second kappa shape index (κ2) is 6.15. The van der Waals surface area contributed by atoms with Gasteiger partial charge >= 0.3 is 5.97 Å². The largest absolute Gasteiger partial charge is 0.477 e. The van der Waals surface area contributed by atoms with Crippen molar-refractivity contribution in [1.29, 1.82) is 0 Å². The zero-order valence-electron chi connectivity index (χ0n) is 12.3. The summed E-state index contributed by atoms with van der Waals surface area (Å²) in [7, 11) is 0. The molecule has 3 aromatic rings. The number of rotatable bonds is 5. The van der Waals surface area contributed by atoms with Gasteiger partial charge in [-0.3, -0.25) is 24.9 Å². The van der Waals surface area contributed by atoms with E-state index in [1.807, 2.05) is 0 Å². The lowest BCUT2D eigenvalue weighted by Crippen LogP contribution is -2.13. The number of nitrogens with one attached hydrogen (secondary N) is 5. The van der Waals surface area contributed by atoms with Gasteiger partial charge in [0, 0.05) is 18.2 Å². The maximum atomic E-state index is 12.0. The number of anilines is 3. The third kappa shape index (κ3) is 3.44. The Bertz CT molecular complexity index is 953. The normalized spacial score (nSPS) is 10.4. The fourth-order valence-corrected chi connectivity index (χ4v) is 1.82. The van der Waals surface area contributed by atoms with Crippen molar-refractivity contribution in [2.45, 2.75) is 0 Å². The Morgan fingerprint density at radius 1 is 0.840 bits per heavy atom. The number of carbonyl (C=O) groups excluding carboxylic acids is 2. The Labute approximate surface area is 138 Å². The highest BCUT2D eigenvalue weighted by Gasteiger charge is 2.16. The van der Waals surface area contributed by atoms with E-state index in [0.717, 1.165) is 6.07 Å². The predicted octanol–water partition coefficient (Wildman–Crippen LogP) is -0.359. The van der Waals surface area contributed by atoms with Gasteiger partial charge in [0.15, 0.2) is 11.6 Å². The molecule has 8 N–H and O–H groups in total. The van der Waals surface area contributed by atoms with Gasteiger partial charge in [0.05, 0.1) is 0 Å². The molecule has 0 aromatic carbocycles. The van der Waals surface area contributed by atoms with Crippen molar-refractivity contribution in [3.63, 3.8) is 0 Å². The van der Waals surface area contributed by atoms with Crippen LogP contribution in [-0.4, -0.2) is 53.5 Å². The summed E-state index contributed by atoms with van der Waals surface area (Å²) in [5, 5.41) is 31.7. The standard InChI is InChI=1S/C12H11N9O4/c13-7-1-4(16-19-7)10(22)14-8-2-5(17-20-8)11(23)15-9-3-6(12(24)25)18-21-9/h1-3H,(H,24,25)(H3,13,16,19)(H2,14,17,20,22)(H2,15,18,21,23). The summed E-state index contributed by atoms with van der Waals surface area (Å²) >= 11 is 0. The number of amides is 2. The van der Waals surface area contributed by atoms with E-state index in [2.05, 4.69) is 41.2 Å². The van der Waals surface area contributed by atoms with Crippen molar-refractivity contribution in [2.24, 2.45) is 0 Å². The highest BCUT2D eigenvalue weighted by atomic mass is 16.4. The van der Waals surface area contributed by atoms with E-state index in [4.69, 9.17) is 10.8 Å². The molecule has 0 atom stereocenters. The first-order valence-corrected chi connectivity index (χ1v) is 6.70. The van der Waals surface area contributed by atoms with Crippen LogP contribution < -0.4 is 16.4 Å². The van der Waals surface area contributed by atoms with E-state index >= 15 is 0 Å². The average Bonchev–Trinajstić information content (AvgIpc) is 3.27. The zero-order chi connectivity index (χ0) is 18.0. The van der Waals surface area contributed by atoms with Crippen LogP contribution in [0.2, 0.25) is 0 Å². The van der Waals surface area contributed by atoms with Crippen molar-refractivity contribution in [3.05, 3.63) is 35.3 Å². The minimum atomic E-state index is -1.21. The van der Waals surface area contributed by atoms with Crippen molar-refractivity contribution in [1.82, 2.24) is 30.6 Å². The summed E-state index contributed by atoms with van der Waals surface area (Å²) in [5.41, 5.74) is 5.39. The van der Waals surface area contributed by atoms with Crippen LogP contribution in [0.15, 0.2) is 18.2 Å². The molecule has 25 heavy (non-hydrogen) atoms. The minimum Gasteiger partial charge on any atom is -0.477 e. The van der Waals surface area contributed by atoms with Gasteiger partial charge in [0.1, 0.15) is 22.9 Å². The van der Waals surface area contributed by atoms with E-state index < -0.39 is 17.8 Å². The van der Waals surface area contributed by atoms with Gasteiger partial charge in [0.25, 0.3) is 11.8 Å². The molecule has 0 aliphatic rings. The number of nitrogens with zero attached hydrogens (tertiary/aromatic N) is 3. The molecule has 0 radical (unpaired) electrons. The highest BCUT2D eigenvalue weighted by molar-refractivity contribution is 6.05. The lowest BCUT2D eigenvalue weighted by Gasteiger charge is -1.98. The maximum Gasteiger partial charge on any atom is 0.353 e. The molecule has 0 aliphatic heterocycles. The van der Waals surface area contributed by atoms with Crippen LogP contribution in [0, 0.1) is 0 Å². The molecule has 2 amide bonds. The summed E-state index contributed by atoms with van der Waals surface area (Å²) < 4.78 is 0. The third-order valence-corrected chi connectivity index (χ3v) is 2.96. The number of aromatic amines is 3. The van der Waals surface area contributed by atoms with Gasteiger partial charge in [0.2, 0.25) is 0 Å². The summed E-state index contributed by atoms with van der Waals surface area (Å²) in [6.45, 7) is 0. The van der Waals surface area contributed by atoms with E-state index in [-0.39, 0.29) is 34.5 Å². The summed E-state index contributed by atoms with van der Waals surface area (Å²) in [6.07, 6.45) is 0. The molecule has 0 unspecified atom stereocenters. The number of H-pyrrole nitrogens is 3. The molecule has 0 fully saturated rings. The molecule has 0 saturated heterocycles. The SMILES string of the molecule is Nc1cc(C(=O)Nc2cc(C(=O)Nc3cc(C(=O)O)[nH]n3)[nH]n2)[nH]n1. The lowest BCUT2D eigenvalue weighted by molar-refractivity contribution is 0.0690. The summed E-state index contributed by atoms with van der Waals surface area (Å²) in [5.74, 6) is -2.10. The quantitative estimate of drug-likeness (QED) is 0.324. The molecule has 0 aliphatic carbocycles. The summed E-state index contributed by atoms with van der Waals surface area (Å²) in [6, 6.07) is 3.78. The van der Waals surface area contributed by atoms with Gasteiger partial charge in [-0.1, -0.05) is 0 Å². The number of aromatic nitrogens is 6. The Morgan fingerprint density at radius 2 is 1.32 bits per heavy atom. The third-order valence-electron chi connectivity index (χ3n) is 2.96. The van der Waals surface area contributed by atoms with E-state index in [0.29, 0.717) is 0 Å². The minimum absolute atomic E-state index is 0.0236. The number of carbonyl (C=O) groups is 3. The van der Waals surface area contributed by atoms with Gasteiger partial charge < -0.3 is 21.5 Å². The number of nitrogens with two attached hydrogens (primary N) is 1. The van der Waals surface area contributed by atoms with E-state index in [9.17, 15) is 14.4 Å². The number of carboxylic acid groups (broad SMARTS) is 1. The van der Waals surface area contributed by atoms with Crippen LogP contribution in [-0.2, 0) is 0 Å². The molecule has 128 valence electrons. The molecule has 0 bridgehead atoms. The highest BCUT2D eigenvalue weighted by Crippen LogP contribution is 2.11. The molecule has 0 saturated carbocycles. The Kier molecular flexibility index (Phi) is 3.87. The van der Waals surface area contributed by atoms with Crippen LogP contribution in [0.4, 0.5) is 17.5 Å². The molecular weight excluding hydrogens is 334 g/mol. The summed E-state index contributed by atoms with van der Waals surface area (Å²) in [4.78, 5) is 34.7. The predicted molar refractivity (Wildman–Crippen MR) is 83.0 cm³/mol. The van der Waals surface area contributed by atoms with Crippen LogP contribution in [0.3, 0.4) is 0 Å². The van der Waals surface area contributed by atoms with Gasteiger partial charge in [-0.2, -0.15) is 15.3 Å². The van der Waals surface area contributed by atoms with Crippen molar-refractivity contribution in [2.75, 3.05) is 16.4 Å². The molecule has 13 nitrogen and oxygen atoms in total. The van der Waals surface area contributed by atoms with Crippen LogP contribution in [0.25, 0.3) is 0 Å². The average molecular weight is 345 g/mol. The topological polar surface area (TPSA) is 208 Å². The Morgan fingerprint density at radius 3 is 1.80 bits per heavy atom. The van der Waals surface area contributed by atoms with Crippen molar-refractivity contribution >= 4 is 35.2 Å². The molecule has 3 heterocycles. The fraction of sp³-hybridized carbons (Fsp3) is 0. The number of hydrogen-bond acceptors (Lipinski definition) is 7. The second-order valence-electron chi connectivity index (χ2n) is 4.75. The first-order chi connectivity index (χ1) is 11.9. The fourth-order valence-electron chi connectivity index (χ4n) is 1.82. The van der Waals surface area contributed by atoms with Crippen LogP contribution in [0.5, 0.6) is 0 Å². The monoisotopic (exact) mass is 345 g/mol.